The van der Waals surface area contributed by atoms with E-state index in [9.17, 15) is 19.5 Å². The van der Waals surface area contributed by atoms with Gasteiger partial charge in [-0.1, -0.05) is 13.3 Å². The zero-order valence-electron chi connectivity index (χ0n) is 10.4. The highest BCUT2D eigenvalue weighted by atomic mass is 16.4. The number of aliphatic carboxylic acids is 1. The van der Waals surface area contributed by atoms with Crippen molar-refractivity contribution in [1.29, 1.82) is 0 Å². The molecule has 18 heavy (non-hydrogen) atoms. The van der Waals surface area contributed by atoms with E-state index in [0.29, 0.717) is 32.4 Å². The Kier molecular flexibility index (Phi) is 3.28. The minimum absolute atomic E-state index is 0.183. The summed E-state index contributed by atoms with van der Waals surface area (Å²) in [4.78, 5) is 36.9. The molecule has 1 aliphatic carbocycles. The second-order valence-electron chi connectivity index (χ2n) is 4.95. The summed E-state index contributed by atoms with van der Waals surface area (Å²) in [7, 11) is 0. The summed E-state index contributed by atoms with van der Waals surface area (Å²) in [5.41, 5.74) is -1.27. The van der Waals surface area contributed by atoms with Crippen LogP contribution >= 0.6 is 0 Å². The Labute approximate surface area is 105 Å². The first kappa shape index (κ1) is 12.9. The van der Waals surface area contributed by atoms with Crippen LogP contribution in [-0.2, 0) is 14.4 Å². The molecular weight excluding hydrogens is 236 g/mol. The fourth-order valence-corrected chi connectivity index (χ4v) is 2.69. The quantitative estimate of drug-likeness (QED) is 0.693. The maximum absolute atomic E-state index is 12.4. The Balaban J connectivity index is 2.21. The van der Waals surface area contributed by atoms with Crippen LogP contribution in [0.3, 0.4) is 0 Å². The molecule has 2 fully saturated rings. The lowest BCUT2D eigenvalue weighted by Gasteiger charge is -2.43. The van der Waals surface area contributed by atoms with E-state index in [1.807, 2.05) is 6.92 Å². The van der Waals surface area contributed by atoms with Crippen LogP contribution in [-0.4, -0.2) is 46.9 Å². The summed E-state index contributed by atoms with van der Waals surface area (Å²) in [6.07, 6.45) is 2.04. The zero-order chi connectivity index (χ0) is 13.3. The molecule has 6 nitrogen and oxygen atoms in total. The predicted octanol–water partition coefficient (Wildman–Crippen LogP) is -0.0217. The standard InChI is InChI=1S/C12H18N2O4/c1-2-8-9(15)13-6-7-14(8)10(16)12(11(17)18)4-3-5-12/h8H,2-7H2,1H3,(H,13,15)(H,17,18). The van der Waals surface area contributed by atoms with E-state index in [1.165, 1.54) is 4.90 Å². The fourth-order valence-electron chi connectivity index (χ4n) is 2.69. The highest BCUT2D eigenvalue weighted by Gasteiger charge is 2.54. The average Bonchev–Trinajstić information content (AvgIpc) is 2.26. The van der Waals surface area contributed by atoms with Crippen LogP contribution in [0.25, 0.3) is 0 Å². The molecule has 1 unspecified atom stereocenters. The third kappa shape index (κ3) is 1.76. The van der Waals surface area contributed by atoms with E-state index in [1.54, 1.807) is 0 Å². The lowest BCUT2D eigenvalue weighted by Crippen LogP contribution is -2.62. The van der Waals surface area contributed by atoms with Gasteiger partial charge < -0.3 is 15.3 Å². The number of hydrogen-bond acceptors (Lipinski definition) is 3. The molecule has 0 radical (unpaired) electrons. The number of carboxylic acids is 1. The summed E-state index contributed by atoms with van der Waals surface area (Å²) in [6, 6.07) is -0.525. The van der Waals surface area contributed by atoms with Gasteiger partial charge in [0, 0.05) is 13.1 Å². The number of carbonyl (C=O) groups is 3. The Morgan fingerprint density at radius 3 is 2.61 bits per heavy atom. The topological polar surface area (TPSA) is 86.7 Å². The van der Waals surface area contributed by atoms with Crippen LogP contribution in [0.5, 0.6) is 0 Å². The van der Waals surface area contributed by atoms with Crippen molar-refractivity contribution < 1.29 is 19.5 Å². The third-order valence-corrected chi connectivity index (χ3v) is 4.00. The van der Waals surface area contributed by atoms with Gasteiger partial charge in [0.05, 0.1) is 0 Å². The van der Waals surface area contributed by atoms with Gasteiger partial charge in [-0.05, 0) is 19.3 Å². The Morgan fingerprint density at radius 2 is 2.17 bits per heavy atom. The van der Waals surface area contributed by atoms with Crippen molar-refractivity contribution in [2.45, 2.75) is 38.6 Å². The lowest BCUT2D eigenvalue weighted by molar-refractivity contribution is -0.170. The van der Waals surface area contributed by atoms with Gasteiger partial charge in [-0.25, -0.2) is 0 Å². The fraction of sp³-hybridized carbons (Fsp3) is 0.750. The maximum atomic E-state index is 12.4. The van der Waals surface area contributed by atoms with Gasteiger partial charge >= 0.3 is 5.97 Å². The summed E-state index contributed by atoms with van der Waals surface area (Å²) < 4.78 is 0. The number of amides is 2. The van der Waals surface area contributed by atoms with E-state index in [4.69, 9.17) is 0 Å². The normalized spacial score (nSPS) is 26.2. The van der Waals surface area contributed by atoms with Gasteiger partial charge in [-0.15, -0.1) is 0 Å². The van der Waals surface area contributed by atoms with Crippen LogP contribution in [0, 0.1) is 5.41 Å². The number of hydrogen-bond donors (Lipinski definition) is 2. The zero-order valence-corrected chi connectivity index (χ0v) is 10.4. The number of nitrogens with one attached hydrogen (secondary N) is 1. The third-order valence-electron chi connectivity index (χ3n) is 4.00. The minimum Gasteiger partial charge on any atom is -0.480 e. The van der Waals surface area contributed by atoms with Crippen molar-refractivity contribution >= 4 is 17.8 Å². The van der Waals surface area contributed by atoms with Crippen molar-refractivity contribution in [3.05, 3.63) is 0 Å². The SMILES string of the molecule is CCC1C(=O)NCCN1C(=O)C1(C(=O)O)CCC1. The monoisotopic (exact) mass is 254 g/mol. The first-order chi connectivity index (χ1) is 8.53. The molecule has 2 amide bonds. The molecule has 0 spiro atoms. The maximum Gasteiger partial charge on any atom is 0.319 e. The van der Waals surface area contributed by atoms with Crippen molar-refractivity contribution in [1.82, 2.24) is 10.2 Å². The van der Waals surface area contributed by atoms with Gasteiger partial charge in [0.15, 0.2) is 0 Å². The highest BCUT2D eigenvalue weighted by Crippen LogP contribution is 2.43. The number of piperazine rings is 1. The number of nitrogens with zero attached hydrogens (tertiary/aromatic N) is 1. The highest BCUT2D eigenvalue weighted by molar-refractivity contribution is 6.04. The molecule has 0 aromatic rings. The molecule has 1 saturated heterocycles. The smallest absolute Gasteiger partial charge is 0.319 e. The Morgan fingerprint density at radius 1 is 1.50 bits per heavy atom. The second-order valence-corrected chi connectivity index (χ2v) is 4.95. The van der Waals surface area contributed by atoms with Crippen LogP contribution in [0.1, 0.15) is 32.6 Å². The van der Waals surface area contributed by atoms with Crippen LogP contribution in [0.15, 0.2) is 0 Å². The first-order valence-electron chi connectivity index (χ1n) is 6.35. The summed E-state index contributed by atoms with van der Waals surface area (Å²) in [6.45, 7) is 2.62. The minimum atomic E-state index is -1.27. The largest absolute Gasteiger partial charge is 0.480 e. The molecule has 1 heterocycles. The van der Waals surface area contributed by atoms with Crippen molar-refractivity contribution in [2.24, 2.45) is 5.41 Å². The second kappa shape index (κ2) is 4.59. The number of rotatable bonds is 3. The van der Waals surface area contributed by atoms with E-state index in [0.717, 1.165) is 6.42 Å². The molecule has 2 N–H and O–H groups in total. The molecule has 1 atom stereocenters. The van der Waals surface area contributed by atoms with Gasteiger partial charge in [0.25, 0.3) is 0 Å². The van der Waals surface area contributed by atoms with Gasteiger partial charge in [-0.2, -0.15) is 0 Å². The number of carbonyl (C=O) groups excluding carboxylic acids is 2. The summed E-state index contributed by atoms with van der Waals surface area (Å²) >= 11 is 0. The summed E-state index contributed by atoms with van der Waals surface area (Å²) in [5.74, 6) is -1.63. The van der Waals surface area contributed by atoms with E-state index < -0.39 is 17.4 Å². The van der Waals surface area contributed by atoms with Crippen molar-refractivity contribution in [3.8, 4) is 0 Å². The van der Waals surface area contributed by atoms with E-state index >= 15 is 0 Å². The van der Waals surface area contributed by atoms with Gasteiger partial charge in [0.2, 0.25) is 11.8 Å². The molecule has 0 aromatic heterocycles. The summed E-state index contributed by atoms with van der Waals surface area (Å²) in [5, 5.41) is 12.0. The number of carboxylic acid groups (broad SMARTS) is 1. The van der Waals surface area contributed by atoms with Gasteiger partial charge in [0.1, 0.15) is 11.5 Å². The molecule has 1 saturated carbocycles. The lowest BCUT2D eigenvalue weighted by atomic mass is 9.67. The molecular formula is C12H18N2O4. The first-order valence-corrected chi connectivity index (χ1v) is 6.35. The molecule has 2 rings (SSSR count). The van der Waals surface area contributed by atoms with Crippen LogP contribution < -0.4 is 5.32 Å². The molecule has 0 aromatic carbocycles. The van der Waals surface area contributed by atoms with Crippen molar-refractivity contribution in [3.63, 3.8) is 0 Å². The predicted molar refractivity (Wildman–Crippen MR) is 62.7 cm³/mol. The Hall–Kier alpha value is -1.59. The molecule has 2 aliphatic rings. The molecule has 0 bridgehead atoms. The van der Waals surface area contributed by atoms with Gasteiger partial charge in [-0.3, -0.25) is 14.4 Å². The Bertz CT molecular complexity index is 390. The molecule has 6 heteroatoms. The molecule has 1 aliphatic heterocycles. The van der Waals surface area contributed by atoms with E-state index in [2.05, 4.69) is 5.32 Å². The van der Waals surface area contributed by atoms with Crippen molar-refractivity contribution in [2.75, 3.05) is 13.1 Å². The molecule has 100 valence electrons. The average molecular weight is 254 g/mol. The van der Waals surface area contributed by atoms with Crippen LogP contribution in [0.4, 0.5) is 0 Å². The van der Waals surface area contributed by atoms with E-state index in [-0.39, 0.29) is 11.8 Å². The van der Waals surface area contributed by atoms with Crippen LogP contribution in [0.2, 0.25) is 0 Å².